The second-order valence-electron chi connectivity index (χ2n) is 15.9. The zero-order valence-corrected chi connectivity index (χ0v) is 34.5. The molecule has 6 heteroatoms. The van der Waals surface area contributed by atoms with E-state index in [1.165, 1.54) is 21.5 Å². The largest absolute Gasteiger partial charge is 0.309 e. The first-order valence-corrected chi connectivity index (χ1v) is 21.3. The summed E-state index contributed by atoms with van der Waals surface area (Å²) in [4.78, 5) is 15.7. The molecule has 6 nitrogen and oxygen atoms in total. The second-order valence-corrected chi connectivity index (χ2v) is 15.9. The fraction of sp³-hybridized carbons (Fsp3) is 0. The molecular weight excluding hydrogens is 781 g/mol. The Hall–Kier alpha value is -8.92. The van der Waals surface area contributed by atoms with Crippen LogP contribution in [-0.4, -0.2) is 24.1 Å². The monoisotopic (exact) mass is 816 g/mol. The van der Waals surface area contributed by atoms with E-state index in [4.69, 9.17) is 15.0 Å². The van der Waals surface area contributed by atoms with Crippen molar-refractivity contribution in [2.24, 2.45) is 0 Å². The summed E-state index contributed by atoms with van der Waals surface area (Å²) in [6.45, 7) is 0. The van der Waals surface area contributed by atoms with Crippen LogP contribution in [0.15, 0.2) is 218 Å². The maximum Gasteiger partial charge on any atom is 0.166 e. The second kappa shape index (κ2) is 15.2. The molecule has 0 bridgehead atoms. The van der Waals surface area contributed by atoms with Gasteiger partial charge < -0.3 is 9.13 Å². The number of hydrogen-bond donors (Lipinski definition) is 0. The van der Waals surface area contributed by atoms with Gasteiger partial charge in [0.1, 0.15) is 0 Å². The van der Waals surface area contributed by atoms with Gasteiger partial charge in [0.05, 0.1) is 45.1 Å². The maximum absolute atomic E-state index is 9.90. The van der Waals surface area contributed by atoms with Gasteiger partial charge in [-0.25, -0.2) is 15.0 Å². The third-order valence-corrected chi connectivity index (χ3v) is 12.2. The van der Waals surface area contributed by atoms with E-state index in [9.17, 15) is 5.26 Å². The van der Waals surface area contributed by atoms with Gasteiger partial charge in [-0.15, -0.1) is 0 Å². The van der Waals surface area contributed by atoms with Crippen molar-refractivity contribution in [2.45, 2.75) is 0 Å². The SMILES string of the molecule is N#Cc1cccc(-c2ccc(-n3c4ccccc4c4ccccc43)c(-c3ccc(-n4c5ccccc5c5ccccc54)c(-c4nc(-c5ccccc5)nc(-c5ccccc5)n4)c3)c2)c1. The Bertz CT molecular complexity index is 3640. The lowest BCUT2D eigenvalue weighted by Gasteiger charge is -2.19. The number of rotatable bonds is 7. The molecule has 0 fully saturated rings. The lowest BCUT2D eigenvalue weighted by molar-refractivity contribution is 1.06. The van der Waals surface area contributed by atoms with Crippen molar-refractivity contribution in [3.63, 3.8) is 0 Å². The van der Waals surface area contributed by atoms with Gasteiger partial charge in [0.25, 0.3) is 0 Å². The molecule has 3 heterocycles. The van der Waals surface area contributed by atoms with Crippen LogP contribution in [0, 0.1) is 11.3 Å². The quantitative estimate of drug-likeness (QED) is 0.161. The number of fused-ring (bicyclic) bond motifs is 6. The summed E-state index contributed by atoms with van der Waals surface area (Å²) in [5.74, 6) is 1.74. The van der Waals surface area contributed by atoms with Crippen molar-refractivity contribution in [2.75, 3.05) is 0 Å². The van der Waals surface area contributed by atoms with Crippen LogP contribution in [0.3, 0.4) is 0 Å². The molecule has 64 heavy (non-hydrogen) atoms. The Morgan fingerprint density at radius 2 is 0.703 bits per heavy atom. The third kappa shape index (κ3) is 6.14. The molecule has 0 aliphatic rings. The van der Waals surface area contributed by atoms with E-state index in [2.05, 4.69) is 155 Å². The first-order valence-electron chi connectivity index (χ1n) is 21.3. The predicted molar refractivity (Wildman–Crippen MR) is 260 cm³/mol. The van der Waals surface area contributed by atoms with Gasteiger partial charge in [-0.1, -0.05) is 158 Å². The highest BCUT2D eigenvalue weighted by atomic mass is 15.1. The van der Waals surface area contributed by atoms with Crippen LogP contribution in [0.4, 0.5) is 0 Å². The highest BCUT2D eigenvalue weighted by molar-refractivity contribution is 6.11. The summed E-state index contributed by atoms with van der Waals surface area (Å²) in [6.07, 6.45) is 0. The van der Waals surface area contributed by atoms with E-state index in [-0.39, 0.29) is 0 Å². The van der Waals surface area contributed by atoms with Gasteiger partial charge in [0.2, 0.25) is 0 Å². The van der Waals surface area contributed by atoms with Crippen molar-refractivity contribution < 1.29 is 0 Å². The molecule has 0 saturated carbocycles. The van der Waals surface area contributed by atoms with Crippen molar-refractivity contribution in [3.8, 4) is 73.9 Å². The van der Waals surface area contributed by atoms with E-state index in [1.807, 2.05) is 78.9 Å². The standard InChI is InChI=1S/C58H36N6/c59-37-38-16-15-21-41(34-38)42-30-32-54(63-50-26-11-7-22-44(50)45-23-8-12-27-51(45)63)48(35-42)43-31-33-55(64-52-28-13-9-24-46(52)47-25-10-14-29-53(47)64)49(36-43)58-61-56(39-17-3-1-4-18-39)60-57(62-58)40-19-5-2-6-20-40/h1-36H. The lowest BCUT2D eigenvalue weighted by Crippen LogP contribution is -2.04. The van der Waals surface area contributed by atoms with Crippen LogP contribution < -0.4 is 0 Å². The molecule has 0 atom stereocenters. The number of hydrogen-bond acceptors (Lipinski definition) is 4. The minimum absolute atomic E-state index is 0.558. The molecule has 9 aromatic carbocycles. The van der Waals surface area contributed by atoms with Crippen molar-refractivity contribution in [3.05, 3.63) is 224 Å². The zero-order chi connectivity index (χ0) is 42.6. The molecule has 12 rings (SSSR count). The number of nitrogens with zero attached hydrogens (tertiary/aromatic N) is 6. The van der Waals surface area contributed by atoms with Crippen molar-refractivity contribution in [1.29, 1.82) is 5.26 Å². The van der Waals surface area contributed by atoms with Crippen molar-refractivity contribution in [1.82, 2.24) is 24.1 Å². The smallest absolute Gasteiger partial charge is 0.166 e. The molecule has 0 radical (unpaired) electrons. The Kier molecular flexibility index (Phi) is 8.77. The van der Waals surface area contributed by atoms with Crippen LogP contribution in [0.1, 0.15) is 5.56 Å². The van der Waals surface area contributed by atoms with Gasteiger partial charge in [-0.3, -0.25) is 0 Å². The lowest BCUT2D eigenvalue weighted by atomic mass is 9.94. The molecule has 0 saturated heterocycles. The molecule has 0 spiro atoms. The van der Waals surface area contributed by atoms with Gasteiger partial charge in [-0.05, 0) is 77.4 Å². The Balaban J connectivity index is 1.19. The summed E-state index contributed by atoms with van der Waals surface area (Å²) in [7, 11) is 0. The molecule has 0 N–H and O–H groups in total. The topological polar surface area (TPSA) is 72.3 Å². The summed E-state index contributed by atoms with van der Waals surface area (Å²) in [5, 5.41) is 14.6. The maximum atomic E-state index is 9.90. The molecule has 0 aliphatic heterocycles. The summed E-state index contributed by atoms with van der Waals surface area (Å²) in [5.41, 5.74) is 13.6. The van der Waals surface area contributed by atoms with Crippen LogP contribution in [0.5, 0.6) is 0 Å². The average Bonchev–Trinajstić information content (AvgIpc) is 3.89. The van der Waals surface area contributed by atoms with Crippen LogP contribution >= 0.6 is 0 Å². The Labute approximate surface area is 369 Å². The number of nitriles is 1. The summed E-state index contributed by atoms with van der Waals surface area (Å²) >= 11 is 0. The van der Waals surface area contributed by atoms with E-state index in [1.54, 1.807) is 0 Å². The fourth-order valence-corrected chi connectivity index (χ4v) is 9.28. The molecule has 0 aliphatic carbocycles. The van der Waals surface area contributed by atoms with Gasteiger partial charge in [-0.2, -0.15) is 5.26 Å². The molecular formula is C58H36N6. The summed E-state index contributed by atoms with van der Waals surface area (Å²) in [6, 6.07) is 78.1. The van der Waals surface area contributed by atoms with Crippen LogP contribution in [0.25, 0.3) is 111 Å². The molecule has 12 aromatic rings. The average molecular weight is 817 g/mol. The van der Waals surface area contributed by atoms with Gasteiger partial charge in [0.15, 0.2) is 17.5 Å². The Morgan fingerprint density at radius 1 is 0.312 bits per heavy atom. The zero-order valence-electron chi connectivity index (χ0n) is 34.5. The minimum atomic E-state index is 0.558. The van der Waals surface area contributed by atoms with E-state index >= 15 is 0 Å². The highest BCUT2D eigenvalue weighted by Crippen LogP contribution is 2.42. The third-order valence-electron chi connectivity index (χ3n) is 12.2. The molecule has 0 amide bonds. The van der Waals surface area contributed by atoms with Gasteiger partial charge >= 0.3 is 0 Å². The highest BCUT2D eigenvalue weighted by Gasteiger charge is 2.22. The normalized spacial score (nSPS) is 11.4. The van der Waals surface area contributed by atoms with E-state index in [0.717, 1.165) is 72.4 Å². The number of para-hydroxylation sites is 4. The Morgan fingerprint density at radius 3 is 1.20 bits per heavy atom. The van der Waals surface area contributed by atoms with E-state index in [0.29, 0.717) is 23.0 Å². The first kappa shape index (κ1) is 36.9. The summed E-state index contributed by atoms with van der Waals surface area (Å²) < 4.78 is 4.72. The predicted octanol–water partition coefficient (Wildman–Crippen LogP) is 14.3. The van der Waals surface area contributed by atoms with Gasteiger partial charge in [0, 0.05) is 43.8 Å². The molecule has 298 valence electrons. The fourth-order valence-electron chi connectivity index (χ4n) is 9.28. The van der Waals surface area contributed by atoms with Crippen molar-refractivity contribution >= 4 is 43.6 Å². The first-order chi connectivity index (χ1) is 31.7. The van der Waals surface area contributed by atoms with Crippen LogP contribution in [-0.2, 0) is 0 Å². The molecule has 3 aromatic heterocycles. The molecule has 0 unspecified atom stereocenters. The van der Waals surface area contributed by atoms with Crippen LogP contribution in [0.2, 0.25) is 0 Å². The number of benzene rings is 9. The number of aromatic nitrogens is 5. The minimum Gasteiger partial charge on any atom is -0.309 e. The van der Waals surface area contributed by atoms with E-state index < -0.39 is 0 Å².